The van der Waals surface area contributed by atoms with E-state index >= 15 is 0 Å². The molecule has 0 amide bonds. The van der Waals surface area contributed by atoms with Crippen LogP contribution in [0.2, 0.25) is 0 Å². The molecule has 0 aliphatic carbocycles. The molecule has 19 heavy (non-hydrogen) atoms. The Morgan fingerprint density at radius 3 is 2.42 bits per heavy atom. The third kappa shape index (κ3) is 2.85. The first-order valence-electron chi connectivity index (χ1n) is 5.72. The van der Waals surface area contributed by atoms with Crippen LogP contribution in [0.3, 0.4) is 0 Å². The third-order valence-electron chi connectivity index (χ3n) is 2.90. The molecule has 100 valence electrons. The summed E-state index contributed by atoms with van der Waals surface area (Å²) in [5, 5.41) is 0. The van der Waals surface area contributed by atoms with Gasteiger partial charge in [-0.2, -0.15) is 0 Å². The molecule has 2 aromatic rings. The number of rotatable bonds is 3. The molecule has 1 heterocycles. The van der Waals surface area contributed by atoms with Gasteiger partial charge in [0.05, 0.1) is 5.69 Å². The second-order valence-electron chi connectivity index (χ2n) is 4.25. The number of halogens is 2. The highest BCUT2D eigenvalue weighted by Gasteiger charge is 2.13. The molecule has 0 saturated carbocycles. The molecule has 0 saturated heterocycles. The summed E-state index contributed by atoms with van der Waals surface area (Å²) in [6.07, 6.45) is -2.67. The Morgan fingerprint density at radius 1 is 1.11 bits per heavy atom. The number of alkyl halides is 2. The van der Waals surface area contributed by atoms with Gasteiger partial charge in [-0.15, -0.1) is 0 Å². The topological polar surface area (TPSA) is 63.8 Å². The normalized spacial score (nSPS) is 10.8. The van der Waals surface area contributed by atoms with Gasteiger partial charge in [0, 0.05) is 5.56 Å². The highest BCUT2D eigenvalue weighted by atomic mass is 19.3. The van der Waals surface area contributed by atoms with Crippen LogP contribution >= 0.6 is 0 Å². The molecule has 3 N–H and O–H groups in total. The van der Waals surface area contributed by atoms with Gasteiger partial charge < -0.3 is 0 Å². The first kappa shape index (κ1) is 13.4. The summed E-state index contributed by atoms with van der Waals surface area (Å²) in [6, 6.07) is 6.92. The lowest BCUT2D eigenvalue weighted by atomic mass is 10.0. The van der Waals surface area contributed by atoms with Crippen LogP contribution in [-0.4, -0.2) is 9.97 Å². The van der Waals surface area contributed by atoms with Gasteiger partial charge in [-0.1, -0.05) is 12.1 Å². The molecule has 0 radical (unpaired) electrons. The number of aromatic nitrogens is 2. The molecule has 1 aromatic heterocycles. The summed E-state index contributed by atoms with van der Waals surface area (Å²) in [5.74, 6) is 5.18. The van der Waals surface area contributed by atoms with Crippen LogP contribution in [-0.2, 0) is 0 Å². The van der Waals surface area contributed by atoms with Gasteiger partial charge in [-0.25, -0.2) is 24.6 Å². The fourth-order valence-electron chi connectivity index (χ4n) is 1.69. The van der Waals surface area contributed by atoms with Crippen LogP contribution < -0.4 is 11.3 Å². The summed E-state index contributed by atoms with van der Waals surface area (Å²) in [6.45, 7) is 3.94. The number of aryl methyl sites for hydroxylation is 2. The molecular formula is C13H14F2N4. The standard InChI is InChI=1S/C13H14F2N4/c1-7-3-4-9(5-8(7)2)10-6-11(12(14)15)18-13(17-10)19-16/h3-6,12H,16H2,1-2H3,(H,17,18,19). The van der Waals surface area contributed by atoms with Crippen molar-refractivity contribution in [1.29, 1.82) is 0 Å². The number of nitrogens with zero attached hydrogens (tertiary/aromatic N) is 2. The third-order valence-corrected chi connectivity index (χ3v) is 2.90. The molecule has 4 nitrogen and oxygen atoms in total. The minimum absolute atomic E-state index is 0.0222. The van der Waals surface area contributed by atoms with Crippen LogP contribution in [0, 0.1) is 13.8 Å². The lowest BCUT2D eigenvalue weighted by Gasteiger charge is -2.08. The fraction of sp³-hybridized carbons (Fsp3) is 0.231. The number of hydrogen-bond donors (Lipinski definition) is 2. The van der Waals surface area contributed by atoms with Crippen molar-refractivity contribution in [3.8, 4) is 11.3 Å². The van der Waals surface area contributed by atoms with Crippen molar-refractivity contribution in [1.82, 2.24) is 9.97 Å². The molecule has 0 spiro atoms. The molecule has 1 aromatic carbocycles. The van der Waals surface area contributed by atoms with E-state index in [0.717, 1.165) is 16.7 Å². The molecule has 0 aliphatic rings. The number of nitrogens with two attached hydrogens (primary N) is 1. The van der Waals surface area contributed by atoms with Gasteiger partial charge in [0.1, 0.15) is 5.69 Å². The summed E-state index contributed by atoms with van der Waals surface area (Å²) in [5.41, 5.74) is 5.22. The zero-order valence-electron chi connectivity index (χ0n) is 10.6. The zero-order chi connectivity index (χ0) is 14.0. The van der Waals surface area contributed by atoms with Gasteiger partial charge in [0.25, 0.3) is 6.43 Å². The summed E-state index contributed by atoms with van der Waals surface area (Å²) >= 11 is 0. The molecule has 0 fully saturated rings. The van der Waals surface area contributed by atoms with Crippen LogP contribution in [0.15, 0.2) is 24.3 Å². The van der Waals surface area contributed by atoms with Crippen molar-refractivity contribution in [2.45, 2.75) is 20.3 Å². The Hall–Kier alpha value is -2.08. The van der Waals surface area contributed by atoms with E-state index in [1.165, 1.54) is 6.07 Å². The van der Waals surface area contributed by atoms with Crippen LogP contribution in [0.25, 0.3) is 11.3 Å². The van der Waals surface area contributed by atoms with Crippen LogP contribution in [0.1, 0.15) is 23.2 Å². The quantitative estimate of drug-likeness (QED) is 0.660. The lowest BCUT2D eigenvalue weighted by Crippen LogP contribution is -2.12. The molecule has 0 bridgehead atoms. The number of benzene rings is 1. The molecule has 6 heteroatoms. The maximum atomic E-state index is 12.8. The first-order valence-corrected chi connectivity index (χ1v) is 5.72. The Morgan fingerprint density at radius 2 is 1.84 bits per heavy atom. The number of nitrogens with one attached hydrogen (secondary N) is 1. The summed E-state index contributed by atoms with van der Waals surface area (Å²) < 4.78 is 25.5. The van der Waals surface area contributed by atoms with Crippen molar-refractivity contribution in [2.75, 3.05) is 5.43 Å². The molecular weight excluding hydrogens is 250 g/mol. The van der Waals surface area contributed by atoms with Gasteiger partial charge in [0.15, 0.2) is 0 Å². The van der Waals surface area contributed by atoms with Crippen molar-refractivity contribution < 1.29 is 8.78 Å². The molecule has 0 atom stereocenters. The maximum Gasteiger partial charge on any atom is 0.280 e. The number of hydrazine groups is 1. The van der Waals surface area contributed by atoms with Crippen molar-refractivity contribution in [3.05, 3.63) is 41.1 Å². The second-order valence-corrected chi connectivity index (χ2v) is 4.25. The number of nitrogen functional groups attached to an aromatic ring is 1. The van der Waals surface area contributed by atoms with Gasteiger partial charge in [-0.3, -0.25) is 5.43 Å². The van der Waals surface area contributed by atoms with Crippen molar-refractivity contribution in [2.24, 2.45) is 5.84 Å². The monoisotopic (exact) mass is 264 g/mol. The average Bonchev–Trinajstić information content (AvgIpc) is 2.41. The number of anilines is 1. The van der Waals surface area contributed by atoms with E-state index in [1.807, 2.05) is 32.0 Å². The van der Waals surface area contributed by atoms with Crippen molar-refractivity contribution >= 4 is 5.95 Å². The molecule has 2 rings (SSSR count). The largest absolute Gasteiger partial charge is 0.292 e. The SMILES string of the molecule is Cc1ccc(-c2cc(C(F)F)nc(NN)n2)cc1C. The summed E-state index contributed by atoms with van der Waals surface area (Å²) in [7, 11) is 0. The average molecular weight is 264 g/mol. The smallest absolute Gasteiger partial charge is 0.280 e. The molecule has 0 aliphatic heterocycles. The minimum Gasteiger partial charge on any atom is -0.292 e. The van der Waals surface area contributed by atoms with E-state index in [-0.39, 0.29) is 11.6 Å². The highest BCUT2D eigenvalue weighted by molar-refractivity contribution is 5.62. The first-order chi connectivity index (χ1) is 9.01. The molecule has 0 unspecified atom stereocenters. The van der Waals surface area contributed by atoms with E-state index in [1.54, 1.807) is 0 Å². The summed E-state index contributed by atoms with van der Waals surface area (Å²) in [4.78, 5) is 7.71. The van der Waals surface area contributed by atoms with E-state index in [0.29, 0.717) is 5.69 Å². The maximum absolute atomic E-state index is 12.8. The fourth-order valence-corrected chi connectivity index (χ4v) is 1.69. The predicted molar refractivity (Wildman–Crippen MR) is 69.7 cm³/mol. The van der Waals surface area contributed by atoms with Crippen LogP contribution in [0.5, 0.6) is 0 Å². The Balaban J connectivity index is 2.54. The van der Waals surface area contributed by atoms with Gasteiger partial charge in [-0.05, 0) is 37.1 Å². The Bertz CT molecular complexity index is 599. The zero-order valence-corrected chi connectivity index (χ0v) is 10.6. The predicted octanol–water partition coefficient (Wildman–Crippen LogP) is 2.98. The minimum atomic E-state index is -2.67. The van der Waals surface area contributed by atoms with Crippen molar-refractivity contribution in [3.63, 3.8) is 0 Å². The Labute approximate surface area is 109 Å². The Kier molecular flexibility index (Phi) is 3.71. The van der Waals surface area contributed by atoms with Gasteiger partial charge >= 0.3 is 0 Å². The number of hydrogen-bond acceptors (Lipinski definition) is 4. The van der Waals surface area contributed by atoms with E-state index < -0.39 is 6.43 Å². The highest BCUT2D eigenvalue weighted by Crippen LogP contribution is 2.25. The van der Waals surface area contributed by atoms with Gasteiger partial charge in [0.2, 0.25) is 5.95 Å². The van der Waals surface area contributed by atoms with E-state index in [4.69, 9.17) is 5.84 Å². The lowest BCUT2D eigenvalue weighted by molar-refractivity contribution is 0.146. The van der Waals surface area contributed by atoms with E-state index in [2.05, 4.69) is 15.4 Å². The van der Waals surface area contributed by atoms with Crippen LogP contribution in [0.4, 0.5) is 14.7 Å². The van der Waals surface area contributed by atoms with E-state index in [9.17, 15) is 8.78 Å². The second kappa shape index (κ2) is 5.27.